The predicted molar refractivity (Wildman–Crippen MR) is 63.0 cm³/mol. The minimum absolute atomic E-state index is 0.0719. The first-order chi connectivity index (χ1) is 7.75. The summed E-state index contributed by atoms with van der Waals surface area (Å²) in [5.41, 5.74) is 7.07. The van der Waals surface area contributed by atoms with Crippen LogP contribution in [0.25, 0.3) is 0 Å². The Kier molecular flexibility index (Phi) is 3.96. The van der Waals surface area contributed by atoms with Gasteiger partial charge in [0.25, 0.3) is 0 Å². The summed E-state index contributed by atoms with van der Waals surface area (Å²) in [7, 11) is 1.97. The van der Waals surface area contributed by atoms with Gasteiger partial charge in [0.1, 0.15) is 0 Å². The van der Waals surface area contributed by atoms with Gasteiger partial charge in [-0.2, -0.15) is 0 Å². The molecule has 1 aromatic rings. The first-order valence-corrected chi connectivity index (χ1v) is 6.11. The van der Waals surface area contributed by atoms with E-state index in [0.29, 0.717) is 6.10 Å². The van der Waals surface area contributed by atoms with Gasteiger partial charge in [-0.1, -0.05) is 0 Å². The topological polar surface area (TPSA) is 53.1 Å². The second-order valence-electron chi connectivity index (χ2n) is 4.64. The Bertz CT molecular complexity index is 318. The van der Waals surface area contributed by atoms with E-state index in [1.54, 1.807) is 6.33 Å². The van der Waals surface area contributed by atoms with Crippen LogP contribution in [0.2, 0.25) is 0 Å². The van der Waals surface area contributed by atoms with Gasteiger partial charge < -0.3 is 15.0 Å². The van der Waals surface area contributed by atoms with Gasteiger partial charge in [0, 0.05) is 25.9 Å². The third kappa shape index (κ3) is 3.06. The van der Waals surface area contributed by atoms with Crippen molar-refractivity contribution in [1.82, 2.24) is 9.55 Å². The molecule has 2 N–H and O–H groups in total. The van der Waals surface area contributed by atoms with Crippen molar-refractivity contribution in [2.75, 3.05) is 6.61 Å². The molecule has 0 saturated carbocycles. The van der Waals surface area contributed by atoms with E-state index < -0.39 is 0 Å². The van der Waals surface area contributed by atoms with E-state index >= 15 is 0 Å². The second kappa shape index (κ2) is 5.46. The van der Waals surface area contributed by atoms with Crippen molar-refractivity contribution in [2.24, 2.45) is 12.8 Å². The Labute approximate surface area is 96.8 Å². The lowest BCUT2D eigenvalue weighted by Crippen LogP contribution is -2.12. The molecule has 1 aromatic heterocycles. The molecule has 1 saturated heterocycles. The molecule has 0 bridgehead atoms. The van der Waals surface area contributed by atoms with Crippen LogP contribution in [0.4, 0.5) is 0 Å². The second-order valence-corrected chi connectivity index (χ2v) is 4.64. The summed E-state index contributed by atoms with van der Waals surface area (Å²) in [5.74, 6) is 0. The Morgan fingerprint density at radius 3 is 3.19 bits per heavy atom. The first kappa shape index (κ1) is 11.6. The van der Waals surface area contributed by atoms with Crippen LogP contribution in [0, 0.1) is 0 Å². The van der Waals surface area contributed by atoms with Crippen molar-refractivity contribution in [3.8, 4) is 0 Å². The predicted octanol–water partition coefficient (Wildman–Crippen LogP) is 1.77. The van der Waals surface area contributed by atoms with Crippen LogP contribution in [0.3, 0.4) is 0 Å². The number of hydrogen-bond donors (Lipinski definition) is 1. The van der Waals surface area contributed by atoms with Gasteiger partial charge in [0.15, 0.2) is 0 Å². The molecular weight excluding hydrogens is 202 g/mol. The van der Waals surface area contributed by atoms with Crippen molar-refractivity contribution in [1.29, 1.82) is 0 Å². The van der Waals surface area contributed by atoms with E-state index in [1.165, 1.54) is 12.8 Å². The molecule has 1 aliphatic heterocycles. The quantitative estimate of drug-likeness (QED) is 0.827. The molecule has 4 nitrogen and oxygen atoms in total. The Morgan fingerprint density at radius 1 is 1.69 bits per heavy atom. The fourth-order valence-electron chi connectivity index (χ4n) is 2.21. The van der Waals surface area contributed by atoms with Crippen LogP contribution in [0.15, 0.2) is 12.5 Å². The molecule has 4 heteroatoms. The largest absolute Gasteiger partial charge is 0.378 e. The number of hydrogen-bond acceptors (Lipinski definition) is 3. The zero-order chi connectivity index (χ0) is 11.4. The molecule has 2 rings (SSSR count). The van der Waals surface area contributed by atoms with Crippen molar-refractivity contribution in [3.05, 3.63) is 18.2 Å². The van der Waals surface area contributed by atoms with Crippen LogP contribution in [-0.4, -0.2) is 22.3 Å². The van der Waals surface area contributed by atoms with Gasteiger partial charge in [-0.3, -0.25) is 0 Å². The summed E-state index contributed by atoms with van der Waals surface area (Å²) in [6.07, 6.45) is 9.98. The van der Waals surface area contributed by atoms with Gasteiger partial charge in [0.05, 0.1) is 18.1 Å². The average molecular weight is 223 g/mol. The van der Waals surface area contributed by atoms with Crippen molar-refractivity contribution in [3.63, 3.8) is 0 Å². The maximum Gasteiger partial charge on any atom is 0.0947 e. The molecule has 0 spiro atoms. The van der Waals surface area contributed by atoms with Crippen LogP contribution < -0.4 is 5.73 Å². The highest BCUT2D eigenvalue weighted by Crippen LogP contribution is 2.20. The van der Waals surface area contributed by atoms with E-state index in [2.05, 4.69) is 4.98 Å². The molecule has 1 fully saturated rings. The van der Waals surface area contributed by atoms with Crippen LogP contribution in [-0.2, 0) is 11.8 Å². The highest BCUT2D eigenvalue weighted by atomic mass is 16.5. The van der Waals surface area contributed by atoms with Gasteiger partial charge in [0.2, 0.25) is 0 Å². The van der Waals surface area contributed by atoms with Crippen molar-refractivity contribution >= 4 is 0 Å². The van der Waals surface area contributed by atoms with Crippen LogP contribution in [0.1, 0.15) is 43.8 Å². The van der Waals surface area contributed by atoms with E-state index in [4.69, 9.17) is 10.5 Å². The molecule has 2 atom stereocenters. The van der Waals surface area contributed by atoms with Gasteiger partial charge in [-0.25, -0.2) is 4.98 Å². The standard InChI is InChI=1S/C12H21N3O/c1-15-8-12(14-9-15)11(13)6-2-4-10-5-3-7-16-10/h8-11H,2-7,13H2,1H3. The Morgan fingerprint density at radius 2 is 2.56 bits per heavy atom. The molecule has 0 amide bonds. The summed E-state index contributed by atoms with van der Waals surface area (Å²) in [6.45, 7) is 0.941. The summed E-state index contributed by atoms with van der Waals surface area (Å²) in [5, 5.41) is 0. The highest BCUT2D eigenvalue weighted by molar-refractivity contribution is 5.02. The lowest BCUT2D eigenvalue weighted by molar-refractivity contribution is 0.101. The van der Waals surface area contributed by atoms with Gasteiger partial charge in [-0.05, 0) is 32.1 Å². The first-order valence-electron chi connectivity index (χ1n) is 6.11. The zero-order valence-electron chi connectivity index (χ0n) is 9.93. The molecule has 0 aliphatic carbocycles. The summed E-state index contributed by atoms with van der Waals surface area (Å²) >= 11 is 0. The highest BCUT2D eigenvalue weighted by Gasteiger charge is 2.16. The fraction of sp³-hybridized carbons (Fsp3) is 0.750. The minimum Gasteiger partial charge on any atom is -0.378 e. The molecule has 0 aromatic carbocycles. The Hall–Kier alpha value is -0.870. The summed E-state index contributed by atoms with van der Waals surface area (Å²) in [4.78, 5) is 4.27. The van der Waals surface area contributed by atoms with Crippen molar-refractivity contribution in [2.45, 2.75) is 44.2 Å². The third-order valence-corrected chi connectivity index (χ3v) is 3.17. The SMILES string of the molecule is Cn1cnc(C(N)CCCC2CCCO2)c1. The maximum atomic E-state index is 6.08. The average Bonchev–Trinajstić information content (AvgIpc) is 2.89. The summed E-state index contributed by atoms with van der Waals surface area (Å²) in [6, 6.07) is 0.0719. The van der Waals surface area contributed by atoms with E-state index in [-0.39, 0.29) is 6.04 Å². The van der Waals surface area contributed by atoms with Gasteiger partial charge in [-0.15, -0.1) is 0 Å². The van der Waals surface area contributed by atoms with E-state index in [1.807, 2.05) is 17.8 Å². The van der Waals surface area contributed by atoms with Crippen LogP contribution in [0.5, 0.6) is 0 Å². The zero-order valence-corrected chi connectivity index (χ0v) is 9.93. The summed E-state index contributed by atoms with van der Waals surface area (Å²) < 4.78 is 7.52. The molecule has 0 radical (unpaired) electrons. The monoisotopic (exact) mass is 223 g/mol. The molecule has 16 heavy (non-hydrogen) atoms. The minimum atomic E-state index is 0.0719. The molecule has 2 heterocycles. The van der Waals surface area contributed by atoms with Crippen LogP contribution >= 0.6 is 0 Å². The number of nitrogens with two attached hydrogens (primary N) is 1. The number of nitrogens with zero attached hydrogens (tertiary/aromatic N) is 2. The smallest absolute Gasteiger partial charge is 0.0947 e. The molecule has 1 aliphatic rings. The number of rotatable bonds is 5. The third-order valence-electron chi connectivity index (χ3n) is 3.17. The van der Waals surface area contributed by atoms with E-state index in [9.17, 15) is 0 Å². The number of imidazole rings is 1. The lowest BCUT2D eigenvalue weighted by Gasteiger charge is -2.11. The molecular formula is C12H21N3O. The Balaban J connectivity index is 1.69. The van der Waals surface area contributed by atoms with Crippen molar-refractivity contribution < 1.29 is 4.74 Å². The number of aromatic nitrogens is 2. The normalized spacial score (nSPS) is 22.5. The van der Waals surface area contributed by atoms with Gasteiger partial charge >= 0.3 is 0 Å². The number of ether oxygens (including phenoxy) is 1. The number of aryl methyl sites for hydroxylation is 1. The maximum absolute atomic E-state index is 6.08. The molecule has 90 valence electrons. The molecule has 2 unspecified atom stereocenters. The lowest BCUT2D eigenvalue weighted by atomic mass is 10.0. The van der Waals surface area contributed by atoms with E-state index in [0.717, 1.165) is 31.6 Å². The fourth-order valence-corrected chi connectivity index (χ4v) is 2.21.